The van der Waals surface area contributed by atoms with E-state index in [1.807, 2.05) is 0 Å². The fourth-order valence-corrected chi connectivity index (χ4v) is 1.10. The Balaban J connectivity index is 3.19. The van der Waals surface area contributed by atoms with Crippen LogP contribution in [-0.4, -0.2) is 10.9 Å². The van der Waals surface area contributed by atoms with Gasteiger partial charge >= 0.3 is 0 Å². The van der Waals surface area contributed by atoms with Crippen molar-refractivity contribution in [1.29, 1.82) is 0 Å². The van der Waals surface area contributed by atoms with Crippen LogP contribution < -0.4 is 11.5 Å². The van der Waals surface area contributed by atoms with Gasteiger partial charge in [-0.05, 0) is 28.1 Å². The van der Waals surface area contributed by atoms with Crippen molar-refractivity contribution in [3.63, 3.8) is 0 Å². The van der Waals surface area contributed by atoms with Crippen LogP contribution >= 0.6 is 15.9 Å². The van der Waals surface area contributed by atoms with Gasteiger partial charge in [0.25, 0.3) is 5.91 Å². The monoisotopic (exact) mass is 215 g/mol. The lowest BCUT2D eigenvalue weighted by Crippen LogP contribution is -2.13. The third kappa shape index (κ3) is 1.91. The lowest BCUT2D eigenvalue weighted by Gasteiger charge is -1.97. The van der Waals surface area contributed by atoms with Crippen molar-refractivity contribution in [3.8, 4) is 0 Å². The van der Waals surface area contributed by atoms with Gasteiger partial charge in [-0.15, -0.1) is 0 Å². The Morgan fingerprint density at radius 2 is 2.18 bits per heavy atom. The second-order valence-corrected chi connectivity index (χ2v) is 2.79. The summed E-state index contributed by atoms with van der Waals surface area (Å²) in [6.07, 6.45) is 0. The SMILES string of the molecule is NC(=O)c1cc(N)cc(Br)n1. The number of aromatic nitrogens is 1. The summed E-state index contributed by atoms with van der Waals surface area (Å²) in [4.78, 5) is 14.4. The number of nitrogens with two attached hydrogens (primary N) is 2. The van der Waals surface area contributed by atoms with Gasteiger partial charge in [0.05, 0.1) is 0 Å². The first kappa shape index (κ1) is 8.00. The summed E-state index contributed by atoms with van der Waals surface area (Å²) in [7, 11) is 0. The van der Waals surface area contributed by atoms with E-state index in [1.165, 1.54) is 6.07 Å². The predicted octanol–water partition coefficient (Wildman–Crippen LogP) is 0.525. The molecule has 0 fully saturated rings. The van der Waals surface area contributed by atoms with Gasteiger partial charge in [0.2, 0.25) is 0 Å². The number of hydrogen-bond donors (Lipinski definition) is 2. The Morgan fingerprint density at radius 3 is 2.64 bits per heavy atom. The molecule has 1 rings (SSSR count). The first-order valence-electron chi connectivity index (χ1n) is 2.82. The van der Waals surface area contributed by atoms with Crippen LogP contribution in [0.2, 0.25) is 0 Å². The molecule has 4 nitrogen and oxygen atoms in total. The number of rotatable bonds is 1. The molecule has 0 bridgehead atoms. The van der Waals surface area contributed by atoms with Gasteiger partial charge in [0.15, 0.2) is 0 Å². The number of carbonyl (C=O) groups is 1. The average Bonchev–Trinajstić information content (AvgIpc) is 1.85. The van der Waals surface area contributed by atoms with E-state index in [9.17, 15) is 4.79 Å². The van der Waals surface area contributed by atoms with Crippen LogP contribution in [-0.2, 0) is 0 Å². The minimum absolute atomic E-state index is 0.164. The van der Waals surface area contributed by atoms with E-state index in [0.717, 1.165) is 0 Å². The number of nitrogen functional groups attached to an aromatic ring is 1. The number of pyridine rings is 1. The molecule has 1 amide bonds. The number of halogens is 1. The zero-order valence-electron chi connectivity index (χ0n) is 5.54. The maximum absolute atomic E-state index is 10.6. The molecular weight excluding hydrogens is 210 g/mol. The van der Waals surface area contributed by atoms with Gasteiger partial charge in [-0.25, -0.2) is 4.98 Å². The molecular formula is C6H6BrN3O. The Kier molecular flexibility index (Phi) is 2.09. The van der Waals surface area contributed by atoms with E-state index >= 15 is 0 Å². The molecule has 5 heteroatoms. The summed E-state index contributed by atoms with van der Waals surface area (Å²) in [5.74, 6) is -0.585. The molecule has 0 atom stereocenters. The number of amides is 1. The first-order chi connectivity index (χ1) is 5.09. The van der Waals surface area contributed by atoms with Crippen LogP contribution in [0, 0.1) is 0 Å². The van der Waals surface area contributed by atoms with Crippen LogP contribution in [0.15, 0.2) is 16.7 Å². The maximum Gasteiger partial charge on any atom is 0.267 e. The number of primary amides is 1. The highest BCUT2D eigenvalue weighted by atomic mass is 79.9. The Bertz CT molecular complexity index is 280. The second-order valence-electron chi connectivity index (χ2n) is 1.97. The number of carbonyl (C=O) groups excluding carboxylic acids is 1. The van der Waals surface area contributed by atoms with Crippen LogP contribution in [0.25, 0.3) is 0 Å². The van der Waals surface area contributed by atoms with E-state index in [0.29, 0.717) is 10.3 Å². The summed E-state index contributed by atoms with van der Waals surface area (Å²) in [6.45, 7) is 0. The molecule has 1 aromatic rings. The van der Waals surface area contributed by atoms with Gasteiger partial charge in [-0.1, -0.05) is 0 Å². The minimum atomic E-state index is -0.585. The van der Waals surface area contributed by atoms with Crippen molar-refractivity contribution in [1.82, 2.24) is 4.98 Å². The number of hydrogen-bond acceptors (Lipinski definition) is 3. The quantitative estimate of drug-likeness (QED) is 0.671. The summed E-state index contributed by atoms with van der Waals surface area (Å²) in [5.41, 5.74) is 11.0. The molecule has 1 aromatic heterocycles. The molecule has 4 N–H and O–H groups in total. The summed E-state index contributed by atoms with van der Waals surface area (Å²) < 4.78 is 0.506. The topological polar surface area (TPSA) is 82.0 Å². The molecule has 0 spiro atoms. The largest absolute Gasteiger partial charge is 0.399 e. The van der Waals surface area contributed by atoms with E-state index in [-0.39, 0.29) is 5.69 Å². The zero-order valence-corrected chi connectivity index (χ0v) is 7.13. The van der Waals surface area contributed by atoms with Crippen LogP contribution in [0.5, 0.6) is 0 Å². The summed E-state index contributed by atoms with van der Waals surface area (Å²) >= 11 is 3.08. The number of nitrogens with zero attached hydrogens (tertiary/aromatic N) is 1. The van der Waals surface area contributed by atoms with Gasteiger partial charge < -0.3 is 11.5 Å². The van der Waals surface area contributed by atoms with E-state index < -0.39 is 5.91 Å². The Morgan fingerprint density at radius 1 is 1.55 bits per heavy atom. The van der Waals surface area contributed by atoms with Gasteiger partial charge in [0.1, 0.15) is 10.3 Å². The van der Waals surface area contributed by atoms with Crippen molar-refractivity contribution < 1.29 is 4.79 Å². The third-order valence-electron chi connectivity index (χ3n) is 1.07. The molecule has 0 radical (unpaired) electrons. The minimum Gasteiger partial charge on any atom is -0.399 e. The predicted molar refractivity (Wildman–Crippen MR) is 44.9 cm³/mol. The normalized spacial score (nSPS) is 9.55. The molecule has 58 valence electrons. The molecule has 0 saturated carbocycles. The maximum atomic E-state index is 10.6. The highest BCUT2D eigenvalue weighted by Crippen LogP contribution is 2.12. The highest BCUT2D eigenvalue weighted by Gasteiger charge is 2.03. The van der Waals surface area contributed by atoms with Crippen molar-refractivity contribution in [2.75, 3.05) is 5.73 Å². The second kappa shape index (κ2) is 2.87. The molecule has 0 aromatic carbocycles. The van der Waals surface area contributed by atoms with Crippen molar-refractivity contribution >= 4 is 27.5 Å². The van der Waals surface area contributed by atoms with Gasteiger partial charge in [0, 0.05) is 5.69 Å². The number of anilines is 1. The van der Waals surface area contributed by atoms with Crippen molar-refractivity contribution in [2.45, 2.75) is 0 Å². The third-order valence-corrected chi connectivity index (χ3v) is 1.48. The molecule has 0 saturated heterocycles. The molecule has 11 heavy (non-hydrogen) atoms. The highest BCUT2D eigenvalue weighted by molar-refractivity contribution is 9.10. The van der Waals surface area contributed by atoms with Crippen LogP contribution in [0.4, 0.5) is 5.69 Å². The lowest BCUT2D eigenvalue weighted by molar-refractivity contribution is 0.0995. The summed E-state index contributed by atoms with van der Waals surface area (Å²) in [5, 5.41) is 0. The Labute approximate surface area is 71.7 Å². The van der Waals surface area contributed by atoms with Crippen molar-refractivity contribution in [2.24, 2.45) is 5.73 Å². The fourth-order valence-electron chi connectivity index (χ4n) is 0.643. The molecule has 1 heterocycles. The molecule has 0 unspecified atom stereocenters. The Hall–Kier alpha value is -1.10. The lowest BCUT2D eigenvalue weighted by atomic mass is 10.3. The molecule has 0 aliphatic rings. The molecule has 0 aliphatic heterocycles. The smallest absolute Gasteiger partial charge is 0.267 e. The van der Waals surface area contributed by atoms with Gasteiger partial charge in [-0.3, -0.25) is 4.79 Å². The molecule has 0 aliphatic carbocycles. The van der Waals surface area contributed by atoms with Gasteiger partial charge in [-0.2, -0.15) is 0 Å². The fraction of sp³-hybridized carbons (Fsp3) is 0. The first-order valence-corrected chi connectivity index (χ1v) is 3.62. The van der Waals surface area contributed by atoms with E-state index in [2.05, 4.69) is 20.9 Å². The van der Waals surface area contributed by atoms with E-state index in [1.54, 1.807) is 6.07 Å². The van der Waals surface area contributed by atoms with Crippen LogP contribution in [0.3, 0.4) is 0 Å². The average molecular weight is 216 g/mol. The van der Waals surface area contributed by atoms with Crippen LogP contribution in [0.1, 0.15) is 10.5 Å². The summed E-state index contributed by atoms with van der Waals surface area (Å²) in [6, 6.07) is 3.01. The van der Waals surface area contributed by atoms with Crippen molar-refractivity contribution in [3.05, 3.63) is 22.4 Å². The van der Waals surface area contributed by atoms with E-state index in [4.69, 9.17) is 11.5 Å². The standard InChI is InChI=1S/C6H6BrN3O/c7-5-2-3(8)1-4(10-5)6(9)11/h1-2H,(H2,8,10)(H2,9,11). The zero-order chi connectivity index (χ0) is 8.43.